The molecule has 86 valence electrons. The third-order valence-electron chi connectivity index (χ3n) is 1.74. The lowest BCUT2D eigenvalue weighted by Crippen LogP contribution is -2.17. The van der Waals surface area contributed by atoms with Gasteiger partial charge in [-0.2, -0.15) is 0 Å². The van der Waals surface area contributed by atoms with Gasteiger partial charge in [-0.1, -0.05) is 46.4 Å². The van der Waals surface area contributed by atoms with Crippen molar-refractivity contribution in [1.82, 2.24) is 0 Å². The Hall–Kier alpha value is 0.240. The van der Waals surface area contributed by atoms with Crippen LogP contribution in [0.15, 0.2) is 21.6 Å². The van der Waals surface area contributed by atoms with Gasteiger partial charge in [-0.05, 0) is 13.8 Å². The van der Waals surface area contributed by atoms with Crippen LogP contribution in [0, 0.1) is 0 Å². The van der Waals surface area contributed by atoms with Gasteiger partial charge >= 0.3 is 0 Å². The maximum absolute atomic E-state index is 6.02. The number of allylic oxidation sites excluding steroid dienone is 2. The predicted octanol–water partition coefficient (Wildman–Crippen LogP) is 4.15. The molecule has 15 heavy (non-hydrogen) atoms. The van der Waals surface area contributed by atoms with Gasteiger partial charge in [0.2, 0.25) is 4.33 Å². The summed E-state index contributed by atoms with van der Waals surface area (Å²) < 4.78 is 9.16. The monoisotopic (exact) mass is 290 g/mol. The van der Waals surface area contributed by atoms with Crippen molar-refractivity contribution in [3.05, 3.63) is 21.6 Å². The maximum atomic E-state index is 6.02. The highest BCUT2D eigenvalue weighted by molar-refractivity contribution is 6.60. The zero-order chi connectivity index (χ0) is 11.6. The molecule has 0 aliphatic heterocycles. The van der Waals surface area contributed by atoms with Crippen molar-refractivity contribution in [2.75, 3.05) is 13.2 Å². The van der Waals surface area contributed by atoms with Gasteiger partial charge in [0.1, 0.15) is 5.03 Å². The van der Waals surface area contributed by atoms with Gasteiger partial charge in [-0.3, -0.25) is 0 Å². The zero-order valence-corrected chi connectivity index (χ0v) is 11.3. The number of hydrogen-bond donors (Lipinski definition) is 0. The van der Waals surface area contributed by atoms with Crippen LogP contribution in [0.1, 0.15) is 13.8 Å². The highest BCUT2D eigenvalue weighted by Crippen LogP contribution is 2.51. The predicted molar refractivity (Wildman–Crippen MR) is 63.4 cm³/mol. The summed E-state index contributed by atoms with van der Waals surface area (Å²) in [5, 5.41) is 0.311. The highest BCUT2D eigenvalue weighted by Gasteiger charge is 2.46. The summed E-state index contributed by atoms with van der Waals surface area (Å²) in [7, 11) is 0. The van der Waals surface area contributed by atoms with Crippen molar-refractivity contribution in [3.8, 4) is 0 Å². The van der Waals surface area contributed by atoms with Gasteiger partial charge in [0.15, 0.2) is 11.5 Å². The summed E-state index contributed by atoms with van der Waals surface area (Å²) in [6.45, 7) is 4.45. The molecule has 0 N–H and O–H groups in total. The van der Waals surface area contributed by atoms with Crippen molar-refractivity contribution in [2.45, 2.75) is 18.2 Å². The second kappa shape index (κ2) is 5.05. The van der Waals surface area contributed by atoms with Crippen LogP contribution in [-0.2, 0) is 9.47 Å². The topological polar surface area (TPSA) is 18.5 Å². The molecule has 0 aromatic heterocycles. The van der Waals surface area contributed by atoms with Crippen molar-refractivity contribution < 1.29 is 9.47 Å². The number of halogens is 4. The van der Waals surface area contributed by atoms with Crippen molar-refractivity contribution in [1.29, 1.82) is 0 Å². The van der Waals surface area contributed by atoms with Crippen LogP contribution in [0.25, 0.3) is 0 Å². The Morgan fingerprint density at radius 2 is 1.60 bits per heavy atom. The molecule has 0 radical (unpaired) electrons. The molecule has 2 nitrogen and oxygen atoms in total. The molecule has 0 saturated heterocycles. The van der Waals surface area contributed by atoms with Crippen molar-refractivity contribution in [2.24, 2.45) is 0 Å². The molecule has 0 aromatic carbocycles. The Labute approximate surface area is 109 Å². The molecule has 0 aromatic rings. The summed E-state index contributed by atoms with van der Waals surface area (Å²) in [6.07, 6.45) is 0. The molecule has 0 atom stereocenters. The fourth-order valence-electron chi connectivity index (χ4n) is 1.15. The molecule has 0 spiro atoms. The molecule has 1 aliphatic carbocycles. The molecule has 1 aliphatic rings. The fourth-order valence-corrected chi connectivity index (χ4v) is 2.17. The van der Waals surface area contributed by atoms with E-state index in [0.29, 0.717) is 19.0 Å². The Morgan fingerprint density at radius 1 is 1.07 bits per heavy atom. The largest absolute Gasteiger partial charge is 0.491 e. The van der Waals surface area contributed by atoms with Gasteiger partial charge in [0.25, 0.3) is 0 Å². The van der Waals surface area contributed by atoms with Gasteiger partial charge < -0.3 is 9.47 Å². The number of alkyl halides is 2. The van der Waals surface area contributed by atoms with Gasteiger partial charge in [0, 0.05) is 0 Å². The Morgan fingerprint density at radius 3 is 2.07 bits per heavy atom. The minimum atomic E-state index is -1.45. The summed E-state index contributed by atoms with van der Waals surface area (Å²) in [6, 6.07) is 0. The average molecular weight is 292 g/mol. The minimum absolute atomic E-state index is 0.111. The van der Waals surface area contributed by atoms with Gasteiger partial charge in [0.05, 0.1) is 18.2 Å². The third-order valence-corrected chi connectivity index (χ3v) is 3.58. The minimum Gasteiger partial charge on any atom is -0.491 e. The lowest BCUT2D eigenvalue weighted by atomic mass is 10.4. The maximum Gasteiger partial charge on any atom is 0.215 e. The van der Waals surface area contributed by atoms with E-state index in [1.54, 1.807) is 6.92 Å². The zero-order valence-electron chi connectivity index (χ0n) is 8.24. The summed E-state index contributed by atoms with van der Waals surface area (Å²) >= 11 is 23.9. The molecule has 1 rings (SSSR count). The lowest BCUT2D eigenvalue weighted by molar-refractivity contribution is 0.173. The van der Waals surface area contributed by atoms with Crippen molar-refractivity contribution >= 4 is 46.4 Å². The first-order valence-corrected chi connectivity index (χ1v) is 5.92. The smallest absolute Gasteiger partial charge is 0.215 e. The van der Waals surface area contributed by atoms with E-state index in [0.717, 1.165) is 0 Å². The van der Waals surface area contributed by atoms with E-state index in [2.05, 4.69) is 0 Å². The number of hydrogen-bond acceptors (Lipinski definition) is 2. The van der Waals surface area contributed by atoms with E-state index < -0.39 is 4.33 Å². The second-order valence-electron chi connectivity index (χ2n) is 2.73. The standard InChI is InChI=1S/C9H10Cl4O2/c1-3-14-6-5(10)7(11)9(12,13)8(6)15-4-2/h3-4H2,1-2H3. The van der Waals surface area contributed by atoms with E-state index in [9.17, 15) is 0 Å². The quantitative estimate of drug-likeness (QED) is 0.725. The average Bonchev–Trinajstić information content (AvgIpc) is 2.33. The molecule has 0 amide bonds. The summed E-state index contributed by atoms with van der Waals surface area (Å²) in [4.78, 5) is 0. The van der Waals surface area contributed by atoms with Crippen molar-refractivity contribution in [3.63, 3.8) is 0 Å². The van der Waals surface area contributed by atoms with Gasteiger partial charge in [-0.25, -0.2) is 0 Å². The van der Waals surface area contributed by atoms with E-state index in [1.165, 1.54) is 0 Å². The summed E-state index contributed by atoms with van der Waals surface area (Å²) in [5.41, 5.74) is 0. The van der Waals surface area contributed by atoms with Crippen LogP contribution in [0.2, 0.25) is 0 Å². The Bertz CT molecular complexity index is 320. The first-order valence-electron chi connectivity index (χ1n) is 4.41. The first kappa shape index (κ1) is 13.3. The van der Waals surface area contributed by atoms with E-state index in [4.69, 9.17) is 55.9 Å². The van der Waals surface area contributed by atoms with E-state index in [-0.39, 0.29) is 15.8 Å². The highest BCUT2D eigenvalue weighted by atomic mass is 35.5. The second-order valence-corrected chi connectivity index (χ2v) is 4.81. The normalized spacial score (nSPS) is 19.9. The molecule has 0 heterocycles. The molecular weight excluding hydrogens is 282 g/mol. The SMILES string of the molecule is CCOC1=C(OCC)C(Cl)(Cl)C(Cl)=C1Cl. The van der Waals surface area contributed by atoms with Gasteiger partial charge in [-0.15, -0.1) is 0 Å². The number of ether oxygens (including phenoxy) is 2. The van der Waals surface area contributed by atoms with Crippen LogP contribution in [-0.4, -0.2) is 17.5 Å². The lowest BCUT2D eigenvalue weighted by Gasteiger charge is -2.18. The number of rotatable bonds is 4. The molecule has 0 unspecified atom stereocenters. The molecule has 0 saturated carbocycles. The van der Waals surface area contributed by atoms with E-state index in [1.807, 2.05) is 6.92 Å². The van der Waals surface area contributed by atoms with Crippen LogP contribution in [0.3, 0.4) is 0 Å². The molecular formula is C9H10Cl4O2. The molecule has 6 heteroatoms. The fraction of sp³-hybridized carbons (Fsp3) is 0.556. The van der Waals surface area contributed by atoms with Crippen LogP contribution >= 0.6 is 46.4 Å². The third kappa shape index (κ3) is 2.33. The molecule has 0 fully saturated rings. The molecule has 0 bridgehead atoms. The van der Waals surface area contributed by atoms with Crippen LogP contribution < -0.4 is 0 Å². The van der Waals surface area contributed by atoms with Crippen LogP contribution in [0.4, 0.5) is 0 Å². The first-order chi connectivity index (χ1) is 6.96. The van der Waals surface area contributed by atoms with Crippen LogP contribution in [0.5, 0.6) is 0 Å². The Balaban J connectivity index is 3.14. The Kier molecular flexibility index (Phi) is 4.48. The van der Waals surface area contributed by atoms with E-state index >= 15 is 0 Å². The summed E-state index contributed by atoms with van der Waals surface area (Å²) in [5.74, 6) is 0.571.